The van der Waals surface area contributed by atoms with Gasteiger partial charge in [0.1, 0.15) is 11.9 Å². The van der Waals surface area contributed by atoms with Crippen molar-refractivity contribution in [3.8, 4) is 17.2 Å². The number of nitrogens with zero attached hydrogens (tertiary/aromatic N) is 1. The highest BCUT2D eigenvalue weighted by molar-refractivity contribution is 5.64. The number of nitriles is 1. The molecule has 0 bridgehead atoms. The standard InChI is InChI=1S/C21H21F2N/c22-14-6-4-2-1-3-5-7-17-8-10-18(11-9-17)19-12-13-20(16-24)21(23)15-19/h6,8-15H,1-5,7H2. The van der Waals surface area contributed by atoms with Crippen LogP contribution in [0.5, 0.6) is 0 Å². The van der Waals surface area contributed by atoms with Crippen molar-refractivity contribution in [2.75, 3.05) is 0 Å². The van der Waals surface area contributed by atoms with Crippen molar-refractivity contribution >= 4 is 0 Å². The van der Waals surface area contributed by atoms with Gasteiger partial charge in [0.15, 0.2) is 0 Å². The summed E-state index contributed by atoms with van der Waals surface area (Å²) in [5, 5.41) is 8.77. The Kier molecular flexibility index (Phi) is 7.17. The lowest BCUT2D eigenvalue weighted by molar-refractivity contribution is 0.624. The SMILES string of the molecule is N#Cc1ccc(-c2ccc(CCCCCCC=CF)cc2)cc1F. The molecule has 2 aromatic carbocycles. The van der Waals surface area contributed by atoms with Crippen LogP contribution in [0.15, 0.2) is 54.9 Å². The Morgan fingerprint density at radius 1 is 0.917 bits per heavy atom. The molecule has 0 fully saturated rings. The molecule has 24 heavy (non-hydrogen) atoms. The van der Waals surface area contributed by atoms with Crippen molar-refractivity contribution in [1.82, 2.24) is 0 Å². The average molecular weight is 325 g/mol. The van der Waals surface area contributed by atoms with E-state index in [1.165, 1.54) is 17.7 Å². The second kappa shape index (κ2) is 9.62. The quantitative estimate of drug-likeness (QED) is 0.519. The molecule has 0 aliphatic rings. The first-order valence-electron chi connectivity index (χ1n) is 8.29. The third-order valence-corrected chi connectivity index (χ3v) is 4.05. The first kappa shape index (κ1) is 17.9. The molecule has 0 N–H and O–H groups in total. The number of benzene rings is 2. The van der Waals surface area contributed by atoms with E-state index in [0.717, 1.165) is 49.7 Å². The van der Waals surface area contributed by atoms with E-state index in [1.807, 2.05) is 18.2 Å². The smallest absolute Gasteiger partial charge is 0.141 e. The minimum atomic E-state index is -0.485. The monoisotopic (exact) mass is 325 g/mol. The fourth-order valence-corrected chi connectivity index (χ4v) is 2.66. The van der Waals surface area contributed by atoms with E-state index < -0.39 is 5.82 Å². The minimum Gasteiger partial charge on any atom is -0.216 e. The van der Waals surface area contributed by atoms with E-state index in [0.29, 0.717) is 6.33 Å². The van der Waals surface area contributed by atoms with Crippen LogP contribution in [-0.2, 0) is 6.42 Å². The van der Waals surface area contributed by atoms with Gasteiger partial charge in [0.25, 0.3) is 0 Å². The summed E-state index contributed by atoms with van der Waals surface area (Å²) in [5.74, 6) is -0.485. The van der Waals surface area contributed by atoms with Gasteiger partial charge in [-0.3, -0.25) is 0 Å². The van der Waals surface area contributed by atoms with E-state index in [4.69, 9.17) is 5.26 Å². The molecule has 0 unspecified atom stereocenters. The zero-order valence-electron chi connectivity index (χ0n) is 13.6. The van der Waals surface area contributed by atoms with Crippen LogP contribution in [0.2, 0.25) is 0 Å². The van der Waals surface area contributed by atoms with Crippen LogP contribution in [0, 0.1) is 17.1 Å². The molecule has 1 nitrogen and oxygen atoms in total. The molecule has 0 atom stereocenters. The van der Waals surface area contributed by atoms with Crippen molar-refractivity contribution in [2.24, 2.45) is 0 Å². The fraction of sp³-hybridized carbons (Fsp3) is 0.286. The zero-order chi connectivity index (χ0) is 17.2. The van der Waals surface area contributed by atoms with Gasteiger partial charge in [0.2, 0.25) is 0 Å². The Hall–Kier alpha value is -2.47. The molecule has 2 rings (SSSR count). The summed E-state index contributed by atoms with van der Waals surface area (Å²) in [4.78, 5) is 0. The van der Waals surface area contributed by atoms with Crippen LogP contribution in [0.1, 0.15) is 43.2 Å². The van der Waals surface area contributed by atoms with Crippen molar-refractivity contribution in [2.45, 2.75) is 38.5 Å². The van der Waals surface area contributed by atoms with Crippen LogP contribution in [-0.4, -0.2) is 0 Å². The summed E-state index contributed by atoms with van der Waals surface area (Å²) in [6, 6.07) is 14.6. The van der Waals surface area contributed by atoms with Gasteiger partial charge in [-0.15, -0.1) is 0 Å². The summed E-state index contributed by atoms with van der Waals surface area (Å²) in [6.45, 7) is 0. The largest absolute Gasteiger partial charge is 0.216 e. The topological polar surface area (TPSA) is 23.8 Å². The van der Waals surface area contributed by atoms with Crippen molar-refractivity contribution < 1.29 is 8.78 Å². The third kappa shape index (κ3) is 5.31. The number of hydrogen-bond acceptors (Lipinski definition) is 1. The second-order valence-corrected chi connectivity index (χ2v) is 5.82. The molecule has 2 aromatic rings. The number of halogens is 2. The van der Waals surface area contributed by atoms with Crippen LogP contribution in [0.3, 0.4) is 0 Å². The van der Waals surface area contributed by atoms with Gasteiger partial charge in [-0.1, -0.05) is 49.2 Å². The van der Waals surface area contributed by atoms with E-state index in [-0.39, 0.29) is 5.56 Å². The van der Waals surface area contributed by atoms with E-state index in [2.05, 4.69) is 12.1 Å². The summed E-state index contributed by atoms with van der Waals surface area (Å²) >= 11 is 0. The average Bonchev–Trinajstić information content (AvgIpc) is 2.61. The van der Waals surface area contributed by atoms with E-state index >= 15 is 0 Å². The summed E-state index contributed by atoms with van der Waals surface area (Å²) < 4.78 is 25.5. The first-order chi connectivity index (χ1) is 11.7. The van der Waals surface area contributed by atoms with Gasteiger partial charge >= 0.3 is 0 Å². The molecule has 0 aromatic heterocycles. The molecular formula is C21H21F2N. The number of aryl methyl sites for hydroxylation is 1. The lowest BCUT2D eigenvalue weighted by Crippen LogP contribution is -1.88. The molecule has 0 heterocycles. The Bertz CT molecular complexity index is 712. The maximum absolute atomic E-state index is 13.7. The molecule has 0 amide bonds. The zero-order valence-corrected chi connectivity index (χ0v) is 13.6. The lowest BCUT2D eigenvalue weighted by Gasteiger charge is -2.06. The second-order valence-electron chi connectivity index (χ2n) is 5.82. The number of unbranched alkanes of at least 4 members (excludes halogenated alkanes) is 4. The lowest BCUT2D eigenvalue weighted by atomic mass is 10.00. The van der Waals surface area contributed by atoms with E-state index in [1.54, 1.807) is 12.1 Å². The van der Waals surface area contributed by atoms with Gasteiger partial charge in [-0.2, -0.15) is 5.26 Å². The predicted molar refractivity (Wildman–Crippen MR) is 93.6 cm³/mol. The van der Waals surface area contributed by atoms with E-state index in [9.17, 15) is 8.78 Å². The minimum absolute atomic E-state index is 0.0670. The Balaban J connectivity index is 1.85. The normalized spacial score (nSPS) is 10.9. The predicted octanol–water partition coefficient (Wildman–Crippen LogP) is 6.34. The summed E-state index contributed by atoms with van der Waals surface area (Å²) in [6.07, 6.45) is 8.41. The van der Waals surface area contributed by atoms with Gasteiger partial charge in [0, 0.05) is 0 Å². The maximum atomic E-state index is 13.7. The third-order valence-electron chi connectivity index (χ3n) is 4.05. The molecule has 3 heteroatoms. The Morgan fingerprint density at radius 2 is 1.62 bits per heavy atom. The number of rotatable bonds is 8. The summed E-state index contributed by atoms with van der Waals surface area (Å²) in [5.41, 5.74) is 3.05. The van der Waals surface area contributed by atoms with Crippen molar-refractivity contribution in [3.05, 3.63) is 71.8 Å². The Morgan fingerprint density at radius 3 is 2.29 bits per heavy atom. The number of allylic oxidation sites excluding steroid dienone is 1. The molecule has 0 aliphatic carbocycles. The highest BCUT2D eigenvalue weighted by Crippen LogP contribution is 2.23. The Labute approximate surface area is 142 Å². The molecule has 124 valence electrons. The molecular weight excluding hydrogens is 304 g/mol. The van der Waals surface area contributed by atoms with Crippen LogP contribution in [0.4, 0.5) is 8.78 Å². The molecule has 0 spiro atoms. The highest BCUT2D eigenvalue weighted by Gasteiger charge is 2.04. The molecule has 0 radical (unpaired) electrons. The maximum Gasteiger partial charge on any atom is 0.141 e. The van der Waals surface area contributed by atoms with Crippen LogP contribution in [0.25, 0.3) is 11.1 Å². The van der Waals surface area contributed by atoms with Gasteiger partial charge < -0.3 is 0 Å². The van der Waals surface area contributed by atoms with Crippen LogP contribution >= 0.6 is 0 Å². The van der Waals surface area contributed by atoms with Crippen molar-refractivity contribution in [3.63, 3.8) is 0 Å². The summed E-state index contributed by atoms with van der Waals surface area (Å²) in [7, 11) is 0. The van der Waals surface area contributed by atoms with Crippen molar-refractivity contribution in [1.29, 1.82) is 5.26 Å². The highest BCUT2D eigenvalue weighted by atomic mass is 19.1. The molecule has 0 saturated carbocycles. The molecule has 0 aliphatic heterocycles. The molecule has 0 saturated heterocycles. The van der Waals surface area contributed by atoms with Gasteiger partial charge in [0.05, 0.1) is 11.9 Å². The number of hydrogen-bond donors (Lipinski definition) is 0. The fourth-order valence-electron chi connectivity index (χ4n) is 2.66. The first-order valence-corrected chi connectivity index (χ1v) is 8.29. The van der Waals surface area contributed by atoms with Gasteiger partial charge in [-0.25, -0.2) is 8.78 Å². The van der Waals surface area contributed by atoms with Gasteiger partial charge in [-0.05, 0) is 54.5 Å². The van der Waals surface area contributed by atoms with Crippen LogP contribution < -0.4 is 0 Å².